The molecule has 0 heterocycles. The Bertz CT molecular complexity index is 560. The van der Waals surface area contributed by atoms with Gasteiger partial charge in [0, 0.05) is 24.8 Å². The van der Waals surface area contributed by atoms with Gasteiger partial charge in [0.05, 0.1) is 5.02 Å². The van der Waals surface area contributed by atoms with Crippen LogP contribution in [0.4, 0.5) is 5.69 Å². The van der Waals surface area contributed by atoms with E-state index >= 15 is 0 Å². The molecule has 2 aliphatic rings. The molecule has 3 unspecified atom stereocenters. The van der Waals surface area contributed by atoms with Crippen molar-refractivity contribution in [2.45, 2.75) is 25.7 Å². The fraction of sp³-hybridized carbons (Fsp3) is 0.562. The molecule has 3 rings (SSSR count). The van der Waals surface area contributed by atoms with Crippen LogP contribution in [0.5, 0.6) is 0 Å². The fourth-order valence-corrected chi connectivity index (χ4v) is 4.33. The molecule has 0 saturated heterocycles. The Hall–Kier alpha value is -1.42. The Morgan fingerprint density at radius 3 is 2.81 bits per heavy atom. The third-order valence-corrected chi connectivity index (χ3v) is 5.48. The molecule has 2 fully saturated rings. The van der Waals surface area contributed by atoms with Crippen molar-refractivity contribution in [3.63, 3.8) is 0 Å². The Kier molecular flexibility index (Phi) is 3.98. The molecule has 114 valence electrons. The summed E-state index contributed by atoms with van der Waals surface area (Å²) in [5, 5.41) is 12.3. The molecule has 5 heteroatoms. The first-order valence-corrected chi connectivity index (χ1v) is 7.95. The fourth-order valence-electron chi connectivity index (χ4n) is 4.06. The molecular weight excluding hydrogens is 286 g/mol. The van der Waals surface area contributed by atoms with Crippen molar-refractivity contribution in [3.05, 3.63) is 28.8 Å². The largest absolute Gasteiger partial charge is 0.409 e. The van der Waals surface area contributed by atoms with Crippen molar-refractivity contribution in [2.75, 3.05) is 18.5 Å². The van der Waals surface area contributed by atoms with E-state index in [4.69, 9.17) is 22.5 Å². The van der Waals surface area contributed by atoms with Crippen LogP contribution in [0.15, 0.2) is 23.4 Å². The van der Waals surface area contributed by atoms with Crippen molar-refractivity contribution in [2.24, 2.45) is 28.6 Å². The number of benzene rings is 1. The molecule has 3 N–H and O–H groups in total. The average Bonchev–Trinajstić information content (AvgIpc) is 3.08. The number of amidine groups is 1. The van der Waals surface area contributed by atoms with E-state index in [1.807, 2.05) is 18.2 Å². The lowest BCUT2D eigenvalue weighted by molar-refractivity contribution is 0.318. The van der Waals surface area contributed by atoms with E-state index in [2.05, 4.69) is 17.1 Å². The molecule has 0 amide bonds. The van der Waals surface area contributed by atoms with Gasteiger partial charge in [-0.25, -0.2) is 0 Å². The molecule has 1 aromatic carbocycles. The predicted octanol–water partition coefficient (Wildman–Crippen LogP) is 3.31. The molecule has 0 spiro atoms. The lowest BCUT2D eigenvalue weighted by Crippen LogP contribution is -2.28. The summed E-state index contributed by atoms with van der Waals surface area (Å²) >= 11 is 6.23. The van der Waals surface area contributed by atoms with E-state index in [1.165, 1.54) is 25.7 Å². The van der Waals surface area contributed by atoms with Crippen LogP contribution in [0, 0.1) is 17.8 Å². The van der Waals surface area contributed by atoms with Gasteiger partial charge in [0.15, 0.2) is 5.84 Å². The van der Waals surface area contributed by atoms with Crippen molar-refractivity contribution in [3.8, 4) is 0 Å². The second kappa shape index (κ2) is 5.76. The van der Waals surface area contributed by atoms with Gasteiger partial charge in [0.25, 0.3) is 0 Å². The minimum Gasteiger partial charge on any atom is -0.409 e. The lowest BCUT2D eigenvalue weighted by atomic mass is 9.88. The van der Waals surface area contributed by atoms with Crippen LogP contribution >= 0.6 is 11.6 Å². The molecular formula is C16H22ClN3O. The van der Waals surface area contributed by atoms with E-state index < -0.39 is 0 Å². The second-order valence-electron chi connectivity index (χ2n) is 6.46. The first kappa shape index (κ1) is 14.5. The van der Waals surface area contributed by atoms with E-state index in [9.17, 15) is 0 Å². The average molecular weight is 308 g/mol. The van der Waals surface area contributed by atoms with Crippen LogP contribution < -0.4 is 10.6 Å². The van der Waals surface area contributed by atoms with Crippen LogP contribution in [0.25, 0.3) is 0 Å². The molecule has 2 saturated carbocycles. The van der Waals surface area contributed by atoms with E-state index in [0.29, 0.717) is 10.6 Å². The summed E-state index contributed by atoms with van der Waals surface area (Å²) in [5.41, 5.74) is 7.24. The Morgan fingerprint density at radius 1 is 1.43 bits per heavy atom. The Morgan fingerprint density at radius 2 is 2.24 bits per heavy atom. The maximum absolute atomic E-state index is 8.74. The highest BCUT2D eigenvalue weighted by Gasteiger charge is 2.39. The van der Waals surface area contributed by atoms with Crippen LogP contribution in [-0.2, 0) is 0 Å². The van der Waals surface area contributed by atoms with E-state index in [-0.39, 0.29) is 5.84 Å². The van der Waals surface area contributed by atoms with Crippen LogP contribution in [0.3, 0.4) is 0 Å². The van der Waals surface area contributed by atoms with Gasteiger partial charge in [-0.1, -0.05) is 23.2 Å². The minimum atomic E-state index is 0.0438. The van der Waals surface area contributed by atoms with Crippen LogP contribution in [-0.4, -0.2) is 24.6 Å². The summed E-state index contributed by atoms with van der Waals surface area (Å²) in [6.07, 6.45) is 5.66. The number of oxime groups is 1. The summed E-state index contributed by atoms with van der Waals surface area (Å²) in [4.78, 5) is 2.27. The molecule has 3 atom stereocenters. The van der Waals surface area contributed by atoms with Gasteiger partial charge in [-0.2, -0.15) is 0 Å². The topological polar surface area (TPSA) is 61.8 Å². The zero-order chi connectivity index (χ0) is 15.0. The summed E-state index contributed by atoms with van der Waals surface area (Å²) in [6, 6.07) is 5.68. The Labute approximate surface area is 130 Å². The molecule has 0 aliphatic heterocycles. The third kappa shape index (κ3) is 2.82. The van der Waals surface area contributed by atoms with E-state index in [1.54, 1.807) is 0 Å². The van der Waals surface area contributed by atoms with Gasteiger partial charge < -0.3 is 15.8 Å². The molecule has 0 aromatic heterocycles. The zero-order valence-electron chi connectivity index (χ0n) is 12.3. The van der Waals surface area contributed by atoms with Crippen LogP contribution in [0.2, 0.25) is 5.02 Å². The number of nitrogens with two attached hydrogens (primary N) is 1. The van der Waals surface area contributed by atoms with E-state index in [0.717, 1.165) is 30.0 Å². The third-order valence-electron chi connectivity index (χ3n) is 5.17. The number of halogens is 1. The summed E-state index contributed by atoms with van der Waals surface area (Å²) in [7, 11) is 2.11. The first-order chi connectivity index (χ1) is 10.1. The smallest absolute Gasteiger partial charge is 0.171 e. The second-order valence-corrected chi connectivity index (χ2v) is 6.87. The number of hydrogen-bond acceptors (Lipinski definition) is 3. The van der Waals surface area contributed by atoms with Crippen molar-refractivity contribution in [1.29, 1.82) is 0 Å². The summed E-state index contributed by atoms with van der Waals surface area (Å²) in [5.74, 6) is 2.75. The van der Waals surface area contributed by atoms with Crippen molar-refractivity contribution in [1.82, 2.24) is 0 Å². The van der Waals surface area contributed by atoms with Crippen LogP contribution in [0.1, 0.15) is 31.2 Å². The maximum Gasteiger partial charge on any atom is 0.171 e. The zero-order valence-corrected chi connectivity index (χ0v) is 13.1. The number of hydrogen-bond donors (Lipinski definition) is 2. The maximum atomic E-state index is 8.74. The highest BCUT2D eigenvalue weighted by Crippen LogP contribution is 2.48. The number of rotatable bonds is 4. The monoisotopic (exact) mass is 307 g/mol. The van der Waals surface area contributed by atoms with Gasteiger partial charge in [0.2, 0.25) is 0 Å². The Balaban J connectivity index is 1.70. The highest BCUT2D eigenvalue weighted by molar-refractivity contribution is 6.34. The summed E-state index contributed by atoms with van der Waals surface area (Å²) < 4.78 is 0. The van der Waals surface area contributed by atoms with Crippen molar-refractivity contribution >= 4 is 23.1 Å². The predicted molar refractivity (Wildman–Crippen MR) is 86.2 cm³/mol. The molecule has 2 aliphatic carbocycles. The van der Waals surface area contributed by atoms with Crippen molar-refractivity contribution < 1.29 is 5.21 Å². The van der Waals surface area contributed by atoms with Gasteiger partial charge >= 0.3 is 0 Å². The molecule has 2 bridgehead atoms. The molecule has 1 aromatic rings. The standard InChI is InChI=1S/C16H22ClN3O/c1-20(9-12-7-10-2-3-11(12)6-10)13-4-5-14(15(17)8-13)16(18)19-21/h4-5,8,10-12,21H,2-3,6-7,9H2,1H3,(H2,18,19). The molecule has 0 radical (unpaired) electrons. The normalized spacial score (nSPS) is 28.1. The van der Waals surface area contributed by atoms with Gasteiger partial charge in [-0.05, 0) is 55.2 Å². The molecule has 4 nitrogen and oxygen atoms in total. The lowest BCUT2D eigenvalue weighted by Gasteiger charge is -2.28. The number of nitrogens with zero attached hydrogens (tertiary/aromatic N) is 2. The SMILES string of the molecule is CN(CC1CC2CCC1C2)c1ccc(C(N)=NO)c(Cl)c1. The summed E-state index contributed by atoms with van der Waals surface area (Å²) in [6.45, 7) is 1.08. The first-order valence-electron chi connectivity index (χ1n) is 7.57. The number of fused-ring (bicyclic) bond motifs is 2. The van der Waals surface area contributed by atoms with Gasteiger partial charge in [0.1, 0.15) is 0 Å². The number of anilines is 1. The van der Waals surface area contributed by atoms with Gasteiger partial charge in [-0.15, -0.1) is 0 Å². The minimum absolute atomic E-state index is 0.0438. The quantitative estimate of drug-likeness (QED) is 0.388. The highest BCUT2D eigenvalue weighted by atomic mass is 35.5. The van der Waals surface area contributed by atoms with Gasteiger partial charge in [-0.3, -0.25) is 0 Å². The molecule has 21 heavy (non-hydrogen) atoms.